The first-order valence-corrected chi connectivity index (χ1v) is 9.01. The third-order valence-corrected chi connectivity index (χ3v) is 4.76. The van der Waals surface area contributed by atoms with E-state index in [1.165, 1.54) is 18.5 Å². The molecule has 1 atom stereocenters. The van der Waals surface area contributed by atoms with E-state index in [1.807, 2.05) is 0 Å². The lowest BCUT2D eigenvalue weighted by molar-refractivity contribution is 0.0857. The monoisotopic (exact) mass is 389 g/mol. The quantitative estimate of drug-likeness (QED) is 0.627. The Morgan fingerprint density at radius 3 is 2.68 bits per heavy atom. The Morgan fingerprint density at radius 1 is 1.14 bits per heavy atom. The van der Waals surface area contributed by atoms with Gasteiger partial charge in [-0.05, 0) is 37.0 Å². The zero-order chi connectivity index (χ0) is 19.5. The van der Waals surface area contributed by atoms with Crippen LogP contribution in [-0.4, -0.2) is 28.1 Å². The summed E-state index contributed by atoms with van der Waals surface area (Å²) in [6.45, 7) is 0. The Kier molecular flexibility index (Phi) is 5.23. The van der Waals surface area contributed by atoms with Crippen molar-refractivity contribution in [2.45, 2.75) is 37.8 Å². The van der Waals surface area contributed by atoms with Crippen molar-refractivity contribution in [1.29, 1.82) is 0 Å². The van der Waals surface area contributed by atoms with Crippen molar-refractivity contribution in [1.82, 2.24) is 15.4 Å². The summed E-state index contributed by atoms with van der Waals surface area (Å²) in [5.41, 5.74) is 3.42. The molecule has 1 aliphatic carbocycles. The number of ether oxygens (including phenoxy) is 1. The number of nitrogens with zero attached hydrogens (tertiary/aromatic N) is 4. The van der Waals surface area contributed by atoms with E-state index in [0.717, 1.165) is 12.3 Å². The van der Waals surface area contributed by atoms with Gasteiger partial charge in [0.1, 0.15) is 29.9 Å². The van der Waals surface area contributed by atoms with Crippen LogP contribution >= 0.6 is 0 Å². The highest BCUT2D eigenvalue weighted by Crippen LogP contribution is 2.31. The second-order valence-electron chi connectivity index (χ2n) is 6.87. The third-order valence-electron chi connectivity index (χ3n) is 4.76. The van der Waals surface area contributed by atoms with Crippen molar-refractivity contribution in [3.05, 3.63) is 53.7 Å². The summed E-state index contributed by atoms with van der Waals surface area (Å²) in [7, 11) is 0. The van der Waals surface area contributed by atoms with Crippen LogP contribution in [0.25, 0.3) is 0 Å². The van der Waals surface area contributed by atoms with E-state index >= 15 is 0 Å². The lowest BCUT2D eigenvalue weighted by atomic mass is 9.83. The van der Waals surface area contributed by atoms with Crippen LogP contribution < -0.4 is 10.2 Å². The maximum absolute atomic E-state index is 13.4. The summed E-state index contributed by atoms with van der Waals surface area (Å²) in [4.78, 5) is 11.8. The molecule has 4 rings (SSSR count). The van der Waals surface area contributed by atoms with Crippen molar-refractivity contribution in [3.63, 3.8) is 0 Å². The van der Waals surface area contributed by atoms with Crippen LogP contribution in [0.2, 0.25) is 0 Å². The van der Waals surface area contributed by atoms with E-state index in [4.69, 9.17) is 4.74 Å². The Hall–Kier alpha value is -2.97. The van der Waals surface area contributed by atoms with E-state index in [0.29, 0.717) is 37.1 Å². The number of hydrogen-bond acceptors (Lipinski definition) is 6. The third kappa shape index (κ3) is 4.29. The highest BCUT2D eigenvalue weighted by Gasteiger charge is 2.31. The number of aliphatic imine (C=N–C) groups is 1. The molecule has 0 radical (unpaired) electrons. The van der Waals surface area contributed by atoms with Gasteiger partial charge in [-0.25, -0.2) is 13.8 Å². The molecule has 0 spiro atoms. The highest BCUT2D eigenvalue weighted by molar-refractivity contribution is 5.84. The first kappa shape index (κ1) is 18.4. The zero-order valence-corrected chi connectivity index (χ0v) is 14.9. The second-order valence-corrected chi connectivity index (χ2v) is 6.87. The maximum Gasteiger partial charge on any atom is 0.253 e. The Labute approximate surface area is 159 Å². The fourth-order valence-corrected chi connectivity index (χ4v) is 3.27. The van der Waals surface area contributed by atoms with Gasteiger partial charge in [0, 0.05) is 24.6 Å². The van der Waals surface area contributed by atoms with Gasteiger partial charge in [-0.15, -0.1) is 0 Å². The average Bonchev–Trinajstić information content (AvgIpc) is 3.09. The van der Waals surface area contributed by atoms with Gasteiger partial charge in [-0.2, -0.15) is 14.5 Å². The number of aromatic nitrogens is 2. The van der Waals surface area contributed by atoms with Crippen molar-refractivity contribution in [2.75, 3.05) is 0 Å². The van der Waals surface area contributed by atoms with Gasteiger partial charge < -0.3 is 4.74 Å². The minimum absolute atomic E-state index is 0.0337. The molecule has 6 nitrogen and oxygen atoms in total. The molecule has 9 heteroatoms. The predicted octanol–water partition coefficient (Wildman–Crippen LogP) is 3.56. The van der Waals surface area contributed by atoms with Gasteiger partial charge in [0.15, 0.2) is 0 Å². The van der Waals surface area contributed by atoms with Crippen molar-refractivity contribution >= 4 is 12.1 Å². The molecule has 28 heavy (non-hydrogen) atoms. The summed E-state index contributed by atoms with van der Waals surface area (Å²) in [6, 6.07) is 3.18. The van der Waals surface area contributed by atoms with Crippen LogP contribution in [0.5, 0.6) is 5.88 Å². The molecule has 0 unspecified atom stereocenters. The fourth-order valence-electron chi connectivity index (χ4n) is 3.27. The molecular weight excluding hydrogens is 371 g/mol. The molecule has 1 aromatic carbocycles. The lowest BCUT2D eigenvalue weighted by Gasteiger charge is -2.32. The topological polar surface area (TPSA) is 71.8 Å². The predicted molar refractivity (Wildman–Crippen MR) is 96.5 cm³/mol. The minimum atomic E-state index is -0.603. The Morgan fingerprint density at radius 2 is 1.93 bits per heavy atom. The summed E-state index contributed by atoms with van der Waals surface area (Å²) < 4.78 is 45.6. The summed E-state index contributed by atoms with van der Waals surface area (Å²) in [5, 5.41) is 4.19. The average molecular weight is 389 g/mol. The van der Waals surface area contributed by atoms with Gasteiger partial charge >= 0.3 is 0 Å². The van der Waals surface area contributed by atoms with Gasteiger partial charge in [-0.1, -0.05) is 0 Å². The molecule has 0 bridgehead atoms. The van der Waals surface area contributed by atoms with Crippen molar-refractivity contribution in [2.24, 2.45) is 16.0 Å². The van der Waals surface area contributed by atoms with E-state index in [-0.39, 0.29) is 23.9 Å². The van der Waals surface area contributed by atoms with Crippen LogP contribution in [0.3, 0.4) is 0 Å². The molecular formula is C19H18F3N5O. The maximum atomic E-state index is 13.4. The Balaban J connectivity index is 1.24. The number of hydrazone groups is 1. The molecule has 1 aliphatic heterocycles. The summed E-state index contributed by atoms with van der Waals surface area (Å²) in [5.74, 6) is -0.915. The zero-order valence-electron chi connectivity index (χ0n) is 14.9. The molecule has 1 aromatic heterocycles. The number of nitrogens with one attached hydrogen (secondary N) is 1. The van der Waals surface area contributed by atoms with Gasteiger partial charge in [0.25, 0.3) is 5.88 Å². The van der Waals surface area contributed by atoms with Crippen LogP contribution in [0.15, 0.2) is 40.8 Å². The Bertz CT molecular complexity index is 894. The number of hydrogen-bond donors (Lipinski definition) is 1. The lowest BCUT2D eigenvalue weighted by Crippen LogP contribution is -2.35. The van der Waals surface area contributed by atoms with Crippen LogP contribution in [-0.2, 0) is 0 Å². The van der Waals surface area contributed by atoms with Gasteiger partial charge in [-0.3, -0.25) is 10.4 Å². The summed E-state index contributed by atoms with van der Waals surface area (Å²) in [6.07, 6.45) is 6.74. The van der Waals surface area contributed by atoms with Crippen LogP contribution in [0.1, 0.15) is 37.3 Å². The largest absolute Gasteiger partial charge is 0.472 e. The van der Waals surface area contributed by atoms with Crippen molar-refractivity contribution in [3.8, 4) is 5.88 Å². The van der Waals surface area contributed by atoms with E-state index < -0.39 is 17.5 Å². The van der Waals surface area contributed by atoms with Crippen LogP contribution in [0, 0.1) is 23.4 Å². The number of rotatable bonds is 5. The minimum Gasteiger partial charge on any atom is -0.472 e. The molecule has 1 saturated carbocycles. The second kappa shape index (κ2) is 7.95. The molecule has 0 amide bonds. The van der Waals surface area contributed by atoms with Gasteiger partial charge in [0.05, 0.1) is 12.2 Å². The first-order chi connectivity index (χ1) is 13.6. The summed E-state index contributed by atoms with van der Waals surface area (Å²) >= 11 is 0. The fraction of sp³-hybridized carbons (Fsp3) is 0.368. The molecule has 0 saturated heterocycles. The molecule has 146 valence electrons. The molecule has 2 aliphatic rings. The number of benzene rings is 1. The molecule has 1 fully saturated rings. The van der Waals surface area contributed by atoms with E-state index in [2.05, 4.69) is 25.5 Å². The number of amidine groups is 1. The van der Waals surface area contributed by atoms with E-state index in [1.54, 1.807) is 6.21 Å². The molecule has 2 aromatic rings. The smallest absolute Gasteiger partial charge is 0.253 e. The van der Waals surface area contributed by atoms with E-state index in [9.17, 15) is 13.2 Å². The SMILES string of the molecule is Fc1cc(F)cc([C@@H]2CCC(N/N=C\C3CC(Oc4ncncc4F)C3)=N2)c1. The normalized spacial score (nSPS) is 24.1. The molecule has 1 N–H and O–H groups in total. The highest BCUT2D eigenvalue weighted by atomic mass is 19.1. The van der Waals surface area contributed by atoms with Crippen molar-refractivity contribution < 1.29 is 17.9 Å². The van der Waals surface area contributed by atoms with Gasteiger partial charge in [0.2, 0.25) is 5.82 Å². The standard InChI is InChI=1S/C19H18F3N5O/c20-13-5-12(6-14(21)7-13)17-1-2-18(26-17)27-25-8-11-3-15(4-11)28-19-16(22)9-23-10-24-19/h5-11,15,17H,1-4H2,(H,26,27)/b25-8-/t11?,15?,17-/m0/s1. The number of halogens is 3. The molecule has 2 heterocycles. The van der Waals surface area contributed by atoms with Crippen LogP contribution in [0.4, 0.5) is 13.2 Å². The first-order valence-electron chi connectivity index (χ1n) is 9.01.